The highest BCUT2D eigenvalue weighted by Crippen LogP contribution is 2.24. The van der Waals surface area contributed by atoms with Gasteiger partial charge in [0.25, 0.3) is 0 Å². The lowest BCUT2D eigenvalue weighted by atomic mass is 10.2. The van der Waals surface area contributed by atoms with E-state index in [1.165, 1.54) is 0 Å². The monoisotopic (exact) mass is 295 g/mol. The standard InChI is InChI=1S/C14H22ClN5/c1-5-10-14(16)11(6-2)20(18-10)8-12-13(15)9(4)17-19(12)7-3/h5-8,16H2,1-4H3. The number of aryl methyl sites for hydroxylation is 3. The van der Waals surface area contributed by atoms with Crippen LogP contribution >= 0.6 is 11.6 Å². The average molecular weight is 296 g/mol. The van der Waals surface area contributed by atoms with Crippen molar-refractivity contribution in [1.82, 2.24) is 19.6 Å². The van der Waals surface area contributed by atoms with E-state index in [2.05, 4.69) is 31.0 Å². The summed E-state index contributed by atoms with van der Waals surface area (Å²) in [7, 11) is 0. The molecule has 0 aliphatic heterocycles. The van der Waals surface area contributed by atoms with Crippen molar-refractivity contribution in [2.45, 2.75) is 53.6 Å². The summed E-state index contributed by atoms with van der Waals surface area (Å²) in [6, 6.07) is 0. The molecule has 2 aromatic rings. The molecule has 0 unspecified atom stereocenters. The Balaban J connectivity index is 2.44. The van der Waals surface area contributed by atoms with Gasteiger partial charge in [-0.3, -0.25) is 9.36 Å². The highest BCUT2D eigenvalue weighted by molar-refractivity contribution is 6.31. The molecule has 0 saturated heterocycles. The molecule has 0 aromatic carbocycles. The fourth-order valence-electron chi connectivity index (χ4n) is 2.49. The van der Waals surface area contributed by atoms with Gasteiger partial charge in [-0.1, -0.05) is 25.4 Å². The van der Waals surface area contributed by atoms with Gasteiger partial charge < -0.3 is 5.73 Å². The second-order valence-corrected chi connectivity index (χ2v) is 5.21. The number of aromatic nitrogens is 4. The second-order valence-electron chi connectivity index (χ2n) is 4.83. The quantitative estimate of drug-likeness (QED) is 0.922. The molecule has 110 valence electrons. The fourth-order valence-corrected chi connectivity index (χ4v) is 2.69. The lowest BCUT2D eigenvalue weighted by molar-refractivity contribution is 0.561. The Morgan fingerprint density at radius 1 is 1.05 bits per heavy atom. The molecule has 0 saturated carbocycles. The molecule has 0 fully saturated rings. The molecule has 0 bridgehead atoms. The number of hydrogen-bond acceptors (Lipinski definition) is 3. The van der Waals surface area contributed by atoms with Crippen LogP contribution in [0.2, 0.25) is 5.02 Å². The predicted octanol–water partition coefficient (Wildman–Crippen LogP) is 2.82. The van der Waals surface area contributed by atoms with Crippen molar-refractivity contribution in [3.05, 3.63) is 27.8 Å². The first kappa shape index (κ1) is 14.9. The van der Waals surface area contributed by atoms with Crippen molar-refractivity contribution in [2.24, 2.45) is 0 Å². The fraction of sp³-hybridized carbons (Fsp3) is 0.571. The van der Waals surface area contributed by atoms with Crippen LogP contribution in [0, 0.1) is 6.92 Å². The number of hydrogen-bond donors (Lipinski definition) is 1. The van der Waals surface area contributed by atoms with Crippen molar-refractivity contribution in [1.29, 1.82) is 0 Å². The van der Waals surface area contributed by atoms with E-state index in [1.807, 2.05) is 16.3 Å². The van der Waals surface area contributed by atoms with Gasteiger partial charge in [-0.2, -0.15) is 10.2 Å². The summed E-state index contributed by atoms with van der Waals surface area (Å²) in [5.74, 6) is 0. The van der Waals surface area contributed by atoms with Crippen molar-refractivity contribution in [3.8, 4) is 0 Å². The zero-order chi connectivity index (χ0) is 14.9. The lowest BCUT2D eigenvalue weighted by Crippen LogP contribution is -2.12. The first-order valence-corrected chi connectivity index (χ1v) is 7.46. The van der Waals surface area contributed by atoms with Crippen LogP contribution in [0.15, 0.2) is 0 Å². The molecule has 2 N–H and O–H groups in total. The van der Waals surface area contributed by atoms with E-state index in [-0.39, 0.29) is 0 Å². The van der Waals surface area contributed by atoms with E-state index < -0.39 is 0 Å². The lowest BCUT2D eigenvalue weighted by Gasteiger charge is -2.09. The largest absolute Gasteiger partial charge is 0.396 e. The predicted molar refractivity (Wildman–Crippen MR) is 82.1 cm³/mol. The van der Waals surface area contributed by atoms with Gasteiger partial charge in [-0.15, -0.1) is 0 Å². The van der Waals surface area contributed by atoms with E-state index in [1.54, 1.807) is 0 Å². The van der Waals surface area contributed by atoms with Crippen LogP contribution < -0.4 is 5.73 Å². The van der Waals surface area contributed by atoms with Gasteiger partial charge in [0, 0.05) is 6.54 Å². The highest BCUT2D eigenvalue weighted by atomic mass is 35.5. The number of nitrogens with zero attached hydrogens (tertiary/aromatic N) is 4. The van der Waals surface area contributed by atoms with Crippen LogP contribution in [-0.2, 0) is 25.9 Å². The van der Waals surface area contributed by atoms with Crippen LogP contribution in [0.3, 0.4) is 0 Å². The number of halogens is 1. The molecule has 2 aromatic heterocycles. The minimum atomic E-state index is 0.612. The Bertz CT molecular complexity index is 612. The summed E-state index contributed by atoms with van der Waals surface area (Å²) in [6.45, 7) is 9.54. The molecule has 6 heteroatoms. The van der Waals surface area contributed by atoms with E-state index in [0.29, 0.717) is 6.54 Å². The molecular weight excluding hydrogens is 274 g/mol. The molecule has 0 radical (unpaired) electrons. The van der Waals surface area contributed by atoms with Gasteiger partial charge in [-0.25, -0.2) is 0 Å². The minimum absolute atomic E-state index is 0.612. The van der Waals surface area contributed by atoms with E-state index in [4.69, 9.17) is 17.3 Å². The van der Waals surface area contributed by atoms with Crippen LogP contribution in [-0.4, -0.2) is 19.6 Å². The summed E-state index contributed by atoms with van der Waals surface area (Å²) in [4.78, 5) is 0. The Labute approximate surface area is 124 Å². The van der Waals surface area contributed by atoms with Crippen LogP contribution in [0.5, 0.6) is 0 Å². The smallest absolute Gasteiger partial charge is 0.0866 e. The normalized spacial score (nSPS) is 11.2. The van der Waals surface area contributed by atoms with E-state index >= 15 is 0 Å². The maximum Gasteiger partial charge on any atom is 0.0866 e. The van der Waals surface area contributed by atoms with Crippen molar-refractivity contribution in [3.63, 3.8) is 0 Å². The van der Waals surface area contributed by atoms with Crippen molar-refractivity contribution >= 4 is 17.3 Å². The second kappa shape index (κ2) is 5.87. The Morgan fingerprint density at radius 3 is 2.30 bits per heavy atom. The SMILES string of the molecule is CCc1nn(Cc2c(Cl)c(C)nn2CC)c(CC)c1N. The number of rotatable bonds is 5. The van der Waals surface area contributed by atoms with E-state index in [9.17, 15) is 0 Å². The highest BCUT2D eigenvalue weighted by Gasteiger charge is 2.17. The Morgan fingerprint density at radius 2 is 1.75 bits per heavy atom. The maximum atomic E-state index is 6.36. The summed E-state index contributed by atoms with van der Waals surface area (Å²) < 4.78 is 3.89. The molecule has 0 atom stereocenters. The third-order valence-electron chi connectivity index (χ3n) is 3.60. The van der Waals surface area contributed by atoms with Crippen LogP contribution in [0.4, 0.5) is 5.69 Å². The third kappa shape index (κ3) is 2.42. The van der Waals surface area contributed by atoms with Gasteiger partial charge in [-0.05, 0) is 26.7 Å². The van der Waals surface area contributed by atoms with Gasteiger partial charge in [0.15, 0.2) is 0 Å². The van der Waals surface area contributed by atoms with E-state index in [0.717, 1.165) is 52.9 Å². The molecule has 2 rings (SSSR count). The molecule has 0 aliphatic rings. The van der Waals surface area contributed by atoms with Gasteiger partial charge in [0.05, 0.1) is 40.0 Å². The number of nitrogens with two attached hydrogens (primary N) is 1. The van der Waals surface area contributed by atoms with Gasteiger partial charge in [0.1, 0.15) is 0 Å². The third-order valence-corrected chi connectivity index (χ3v) is 4.09. The average Bonchev–Trinajstić information content (AvgIpc) is 2.89. The zero-order valence-corrected chi connectivity index (χ0v) is 13.3. The topological polar surface area (TPSA) is 61.7 Å². The molecule has 0 amide bonds. The van der Waals surface area contributed by atoms with Crippen molar-refractivity contribution < 1.29 is 0 Å². The Kier molecular flexibility index (Phi) is 4.38. The molecule has 5 nitrogen and oxygen atoms in total. The molecular formula is C14H22ClN5. The van der Waals surface area contributed by atoms with Gasteiger partial charge >= 0.3 is 0 Å². The Hall–Kier alpha value is -1.49. The minimum Gasteiger partial charge on any atom is -0.396 e. The van der Waals surface area contributed by atoms with Gasteiger partial charge in [0.2, 0.25) is 0 Å². The van der Waals surface area contributed by atoms with Crippen molar-refractivity contribution in [2.75, 3.05) is 5.73 Å². The molecule has 2 heterocycles. The summed E-state index contributed by atoms with van der Waals surface area (Å²) in [5, 5.41) is 9.78. The number of anilines is 1. The maximum absolute atomic E-state index is 6.36. The number of nitrogen functional groups attached to an aromatic ring is 1. The molecule has 0 aliphatic carbocycles. The molecule has 20 heavy (non-hydrogen) atoms. The summed E-state index contributed by atoms with van der Waals surface area (Å²) >= 11 is 6.36. The zero-order valence-electron chi connectivity index (χ0n) is 12.6. The van der Waals surface area contributed by atoms with Crippen LogP contribution in [0.1, 0.15) is 43.5 Å². The summed E-state index contributed by atoms with van der Waals surface area (Å²) in [5.41, 5.74) is 10.8. The first-order chi connectivity index (χ1) is 9.53. The first-order valence-electron chi connectivity index (χ1n) is 7.09. The molecule has 0 spiro atoms. The summed E-state index contributed by atoms with van der Waals surface area (Å²) in [6.07, 6.45) is 1.70. The van der Waals surface area contributed by atoms with Crippen LogP contribution in [0.25, 0.3) is 0 Å².